The zero-order valence-electron chi connectivity index (χ0n) is 13.7. The van der Waals surface area contributed by atoms with Crippen LogP contribution in [0.25, 0.3) is 11.0 Å². The first-order chi connectivity index (χ1) is 12.0. The summed E-state index contributed by atoms with van der Waals surface area (Å²) in [5.41, 5.74) is 1.86. The molecule has 0 aliphatic heterocycles. The van der Waals surface area contributed by atoms with E-state index in [1.54, 1.807) is 49.4 Å². The highest BCUT2D eigenvalue weighted by molar-refractivity contribution is 5.76. The highest BCUT2D eigenvalue weighted by atomic mass is 19.3. The van der Waals surface area contributed by atoms with Crippen LogP contribution in [0.5, 0.6) is 5.75 Å². The number of halogens is 2. The normalized spacial score (nSPS) is 12.2. The summed E-state index contributed by atoms with van der Waals surface area (Å²) in [4.78, 5) is 4.34. The van der Waals surface area contributed by atoms with E-state index in [2.05, 4.69) is 10.3 Å². The van der Waals surface area contributed by atoms with E-state index in [-0.39, 0.29) is 5.82 Å². The molecule has 0 saturated heterocycles. The van der Waals surface area contributed by atoms with Gasteiger partial charge in [0.2, 0.25) is 0 Å². The van der Waals surface area contributed by atoms with Crippen molar-refractivity contribution >= 4 is 16.7 Å². The second-order valence-electron chi connectivity index (χ2n) is 5.50. The molecule has 0 aliphatic rings. The predicted octanol–water partition coefficient (Wildman–Crippen LogP) is 4.48. The van der Waals surface area contributed by atoms with E-state index in [1.807, 2.05) is 6.07 Å². The van der Waals surface area contributed by atoms with Crippen LogP contribution in [-0.4, -0.2) is 16.7 Å². The molecule has 1 heterocycles. The molecule has 0 radical (unpaired) electrons. The fraction of sp³-hybridized carbons (Fsp3) is 0.222. The number of aromatic nitrogens is 2. The minimum Gasteiger partial charge on any atom is -0.495 e. The molecular weight excluding hydrogens is 326 g/mol. The number of fused-ring (bicyclic) bond motifs is 1. The van der Waals surface area contributed by atoms with Gasteiger partial charge in [0.15, 0.2) is 0 Å². The minimum absolute atomic E-state index is 0.209. The van der Waals surface area contributed by atoms with Crippen LogP contribution in [0.3, 0.4) is 0 Å². The van der Waals surface area contributed by atoms with E-state index in [1.165, 1.54) is 7.11 Å². The molecule has 3 rings (SSSR count). The van der Waals surface area contributed by atoms with Crippen molar-refractivity contribution in [3.05, 3.63) is 53.9 Å². The van der Waals surface area contributed by atoms with Crippen molar-refractivity contribution in [3.8, 4) is 11.8 Å². The molecule has 0 fully saturated rings. The molecule has 0 saturated carbocycles. The van der Waals surface area contributed by atoms with Gasteiger partial charge in [-0.15, -0.1) is 0 Å². The van der Waals surface area contributed by atoms with Gasteiger partial charge >= 0.3 is 6.55 Å². The third kappa shape index (κ3) is 3.11. The maximum absolute atomic E-state index is 13.6. The summed E-state index contributed by atoms with van der Waals surface area (Å²) in [6.07, 6.45) is 0. The van der Waals surface area contributed by atoms with E-state index in [4.69, 9.17) is 10.00 Å². The van der Waals surface area contributed by atoms with Gasteiger partial charge in [0.05, 0.1) is 41.5 Å². The van der Waals surface area contributed by atoms with Crippen LogP contribution in [0.2, 0.25) is 0 Å². The van der Waals surface area contributed by atoms with Crippen LogP contribution in [0, 0.1) is 11.3 Å². The summed E-state index contributed by atoms with van der Waals surface area (Å²) >= 11 is 0. The van der Waals surface area contributed by atoms with Crippen LogP contribution in [0.15, 0.2) is 42.5 Å². The van der Waals surface area contributed by atoms with Gasteiger partial charge in [-0.1, -0.05) is 12.1 Å². The number of nitrogens with zero attached hydrogens (tertiary/aromatic N) is 3. The number of ether oxygens (including phenoxy) is 1. The minimum atomic E-state index is -2.71. The number of benzene rings is 2. The van der Waals surface area contributed by atoms with E-state index in [0.29, 0.717) is 28.0 Å². The van der Waals surface area contributed by atoms with Crippen LogP contribution in [0.1, 0.15) is 30.9 Å². The molecule has 1 N–H and O–H groups in total. The average Bonchev–Trinajstić information content (AvgIpc) is 3.01. The Hall–Kier alpha value is -3.14. The third-order valence-corrected chi connectivity index (χ3v) is 3.91. The number of nitrogens with one attached hydrogen (secondary N) is 1. The Balaban J connectivity index is 2.02. The molecule has 5 nitrogen and oxygen atoms in total. The zero-order chi connectivity index (χ0) is 18.0. The summed E-state index contributed by atoms with van der Waals surface area (Å²) in [6.45, 7) is -0.975. The summed E-state index contributed by atoms with van der Waals surface area (Å²) in [5, 5.41) is 12.2. The van der Waals surface area contributed by atoms with Crippen molar-refractivity contribution in [2.75, 3.05) is 12.4 Å². The van der Waals surface area contributed by atoms with Crippen LogP contribution >= 0.6 is 0 Å². The summed E-state index contributed by atoms with van der Waals surface area (Å²) in [5.74, 6) is 0.728. The third-order valence-electron chi connectivity index (χ3n) is 3.91. The lowest BCUT2D eigenvalue weighted by atomic mass is 10.2. The molecule has 3 aromatic rings. The Morgan fingerprint density at radius 3 is 2.68 bits per heavy atom. The predicted molar refractivity (Wildman–Crippen MR) is 90.7 cm³/mol. The van der Waals surface area contributed by atoms with Crippen molar-refractivity contribution in [2.45, 2.75) is 19.5 Å². The monoisotopic (exact) mass is 342 g/mol. The fourth-order valence-corrected chi connectivity index (χ4v) is 2.76. The van der Waals surface area contributed by atoms with Crippen molar-refractivity contribution in [3.63, 3.8) is 0 Å². The van der Waals surface area contributed by atoms with E-state index >= 15 is 0 Å². The Morgan fingerprint density at radius 1 is 1.24 bits per heavy atom. The largest absolute Gasteiger partial charge is 0.495 e. The van der Waals surface area contributed by atoms with Gasteiger partial charge < -0.3 is 10.1 Å². The second-order valence-corrected chi connectivity index (χ2v) is 5.50. The second kappa shape index (κ2) is 6.77. The van der Waals surface area contributed by atoms with Crippen LogP contribution in [-0.2, 0) is 0 Å². The SMILES string of the molecule is COc1ccc(C#N)cc1NC(C)c1nc2ccccc2n1C(F)F. The summed E-state index contributed by atoms with van der Waals surface area (Å²) in [6, 6.07) is 13.2. The zero-order valence-corrected chi connectivity index (χ0v) is 13.7. The number of hydrogen-bond donors (Lipinski definition) is 1. The number of methoxy groups -OCH3 is 1. The number of imidazole rings is 1. The first-order valence-electron chi connectivity index (χ1n) is 7.65. The van der Waals surface area contributed by atoms with Gasteiger partial charge in [0.25, 0.3) is 0 Å². The van der Waals surface area contributed by atoms with Gasteiger partial charge in [0, 0.05) is 0 Å². The molecule has 2 aromatic carbocycles. The highest BCUT2D eigenvalue weighted by Crippen LogP contribution is 2.32. The van der Waals surface area contributed by atoms with Gasteiger partial charge in [-0.2, -0.15) is 14.0 Å². The van der Waals surface area contributed by atoms with Crippen molar-refractivity contribution in [2.24, 2.45) is 0 Å². The Morgan fingerprint density at radius 2 is 2.00 bits per heavy atom. The molecule has 128 valence electrons. The molecule has 0 aliphatic carbocycles. The van der Waals surface area contributed by atoms with Crippen LogP contribution < -0.4 is 10.1 Å². The first kappa shape index (κ1) is 16.7. The molecular formula is C18H16F2N4O. The molecule has 0 bridgehead atoms. The summed E-state index contributed by atoms with van der Waals surface area (Å²) < 4.78 is 33.3. The molecule has 1 atom stereocenters. The standard InChI is InChI=1S/C18H16F2N4O/c1-11(22-14-9-12(10-21)7-8-16(14)25-2)17-23-13-5-3-4-6-15(13)24(17)18(19)20/h3-9,11,18,22H,1-2H3. The lowest BCUT2D eigenvalue weighted by Gasteiger charge is -2.18. The number of hydrogen-bond acceptors (Lipinski definition) is 4. The lowest BCUT2D eigenvalue weighted by Crippen LogP contribution is -2.15. The Bertz CT molecular complexity index is 946. The quantitative estimate of drug-likeness (QED) is 0.742. The van der Waals surface area contributed by atoms with E-state index in [9.17, 15) is 8.78 Å². The average molecular weight is 342 g/mol. The lowest BCUT2D eigenvalue weighted by molar-refractivity contribution is 0.0708. The fourth-order valence-electron chi connectivity index (χ4n) is 2.76. The number of nitriles is 1. The molecule has 0 amide bonds. The van der Waals surface area contributed by atoms with Gasteiger partial charge in [0.1, 0.15) is 11.6 Å². The molecule has 25 heavy (non-hydrogen) atoms. The Labute approximate surface area is 143 Å². The van der Waals surface area contributed by atoms with Crippen molar-refractivity contribution < 1.29 is 13.5 Å². The number of para-hydroxylation sites is 2. The highest BCUT2D eigenvalue weighted by Gasteiger charge is 2.22. The number of alkyl halides is 2. The number of rotatable bonds is 5. The van der Waals surface area contributed by atoms with Gasteiger partial charge in [-0.05, 0) is 37.3 Å². The van der Waals surface area contributed by atoms with Crippen LogP contribution in [0.4, 0.5) is 14.5 Å². The van der Waals surface area contributed by atoms with Gasteiger partial charge in [-0.3, -0.25) is 4.57 Å². The first-order valence-corrected chi connectivity index (χ1v) is 7.65. The molecule has 0 spiro atoms. The maximum atomic E-state index is 13.6. The molecule has 1 aromatic heterocycles. The topological polar surface area (TPSA) is 62.9 Å². The van der Waals surface area contributed by atoms with Gasteiger partial charge in [-0.25, -0.2) is 4.98 Å². The summed E-state index contributed by atoms with van der Waals surface area (Å²) in [7, 11) is 1.51. The Kier molecular flexibility index (Phi) is 4.52. The molecule has 1 unspecified atom stereocenters. The van der Waals surface area contributed by atoms with Crippen molar-refractivity contribution in [1.82, 2.24) is 9.55 Å². The molecule has 7 heteroatoms. The number of anilines is 1. The smallest absolute Gasteiger partial charge is 0.320 e. The van der Waals surface area contributed by atoms with E-state index < -0.39 is 12.6 Å². The maximum Gasteiger partial charge on any atom is 0.320 e. The van der Waals surface area contributed by atoms with E-state index in [0.717, 1.165) is 4.57 Å². The van der Waals surface area contributed by atoms with Crippen molar-refractivity contribution in [1.29, 1.82) is 5.26 Å².